The van der Waals surface area contributed by atoms with E-state index in [-0.39, 0.29) is 5.91 Å². The van der Waals surface area contributed by atoms with Crippen molar-refractivity contribution in [3.63, 3.8) is 0 Å². The minimum Gasteiger partial charge on any atom is -0.432 e. The molecule has 19 heavy (non-hydrogen) atoms. The van der Waals surface area contributed by atoms with Gasteiger partial charge in [0.1, 0.15) is 0 Å². The summed E-state index contributed by atoms with van der Waals surface area (Å²) in [6, 6.07) is 0. The molecule has 0 aromatic heterocycles. The molecule has 0 atom stereocenters. The summed E-state index contributed by atoms with van der Waals surface area (Å²) in [6.45, 7) is 12.6. The molecule has 0 radical (unpaired) electrons. The predicted octanol–water partition coefficient (Wildman–Crippen LogP) is 0.414. The lowest BCUT2D eigenvalue weighted by molar-refractivity contribution is -0.133. The third-order valence-corrected chi connectivity index (χ3v) is 1.32. The van der Waals surface area contributed by atoms with Crippen LogP contribution in [0.3, 0.4) is 0 Å². The smallest absolute Gasteiger partial charge is 0.337 e. The molecular weight excluding hydrogens is 246 g/mol. The molecule has 0 aliphatic rings. The highest BCUT2D eigenvalue weighted by molar-refractivity contribution is 5.87. The second-order valence-corrected chi connectivity index (χ2v) is 3.37. The normalized spacial score (nSPS) is 7.63. The SMILES string of the molecule is C=CC(=O)N(C)C.C=COC(=O)C(=C)C.NCCN. The van der Waals surface area contributed by atoms with Gasteiger partial charge in [-0.1, -0.05) is 19.7 Å². The molecule has 1 amide bonds. The van der Waals surface area contributed by atoms with Crippen LogP contribution in [0.2, 0.25) is 0 Å². The van der Waals surface area contributed by atoms with Crippen molar-refractivity contribution in [3.8, 4) is 0 Å². The van der Waals surface area contributed by atoms with Gasteiger partial charge in [-0.3, -0.25) is 4.79 Å². The summed E-state index contributed by atoms with van der Waals surface area (Å²) in [5, 5.41) is 0. The molecule has 0 bridgehead atoms. The third kappa shape index (κ3) is 21.8. The van der Waals surface area contributed by atoms with Crippen LogP contribution >= 0.6 is 0 Å². The van der Waals surface area contributed by atoms with E-state index < -0.39 is 5.97 Å². The maximum absolute atomic E-state index is 10.3. The first-order valence-corrected chi connectivity index (χ1v) is 5.49. The fourth-order valence-corrected chi connectivity index (χ4v) is 0.359. The van der Waals surface area contributed by atoms with E-state index >= 15 is 0 Å². The lowest BCUT2D eigenvalue weighted by atomic mass is 10.4. The Hall–Kier alpha value is -1.92. The highest BCUT2D eigenvalue weighted by Gasteiger charge is 1.97. The monoisotopic (exact) mass is 271 g/mol. The Kier molecular flexibility index (Phi) is 18.9. The standard InChI is InChI=1S/C6H8O2.C5H9NO.C2H8N2/c1-4-8-6(7)5(2)3;1-4-5(7)6(2)3;3-1-2-4/h4H,1-2H2,3H3;4H,1H2,2-3H3;1-4H2. The van der Waals surface area contributed by atoms with E-state index in [1.54, 1.807) is 21.0 Å². The van der Waals surface area contributed by atoms with Crippen molar-refractivity contribution in [2.24, 2.45) is 11.5 Å². The molecule has 0 aliphatic carbocycles. The van der Waals surface area contributed by atoms with Gasteiger partial charge in [0, 0.05) is 32.8 Å². The van der Waals surface area contributed by atoms with Gasteiger partial charge >= 0.3 is 5.97 Å². The molecule has 0 rings (SSSR count). The van der Waals surface area contributed by atoms with Crippen molar-refractivity contribution in [3.05, 3.63) is 37.6 Å². The molecule has 0 fully saturated rings. The van der Waals surface area contributed by atoms with Crippen molar-refractivity contribution < 1.29 is 14.3 Å². The summed E-state index contributed by atoms with van der Waals surface area (Å²) in [5.74, 6) is -0.486. The summed E-state index contributed by atoms with van der Waals surface area (Å²) in [6.07, 6.45) is 2.36. The van der Waals surface area contributed by atoms with Crippen molar-refractivity contribution >= 4 is 11.9 Å². The largest absolute Gasteiger partial charge is 0.432 e. The van der Waals surface area contributed by atoms with Crippen LogP contribution in [0.1, 0.15) is 6.92 Å². The zero-order valence-electron chi connectivity index (χ0n) is 12.0. The molecule has 0 aromatic rings. The van der Waals surface area contributed by atoms with Crippen LogP contribution in [0.4, 0.5) is 0 Å². The van der Waals surface area contributed by atoms with E-state index in [4.69, 9.17) is 11.5 Å². The number of likely N-dealkylation sites (N-methyl/N-ethyl adjacent to an activating group) is 1. The second-order valence-electron chi connectivity index (χ2n) is 3.37. The number of carbonyl (C=O) groups excluding carboxylic acids is 2. The van der Waals surface area contributed by atoms with E-state index in [0.29, 0.717) is 18.7 Å². The van der Waals surface area contributed by atoms with Gasteiger partial charge in [-0.15, -0.1) is 0 Å². The minimum absolute atomic E-state index is 0.0556. The van der Waals surface area contributed by atoms with E-state index in [9.17, 15) is 9.59 Å². The maximum Gasteiger partial charge on any atom is 0.337 e. The Balaban J connectivity index is -0.000000214. The number of rotatable bonds is 4. The fraction of sp³-hybridized carbons (Fsp3) is 0.385. The lowest BCUT2D eigenvalue weighted by Crippen LogP contribution is -2.18. The number of amides is 1. The van der Waals surface area contributed by atoms with Gasteiger partial charge in [0.15, 0.2) is 0 Å². The first-order chi connectivity index (χ1) is 8.78. The molecule has 0 spiro atoms. The summed E-state index contributed by atoms with van der Waals surface area (Å²) < 4.78 is 4.33. The Labute approximate surface area is 115 Å². The number of esters is 1. The average molecular weight is 271 g/mol. The molecule has 0 heterocycles. The molecule has 110 valence electrons. The number of nitrogens with two attached hydrogens (primary N) is 2. The van der Waals surface area contributed by atoms with Crippen molar-refractivity contribution in [2.75, 3.05) is 27.2 Å². The molecular formula is C13H25N3O3. The van der Waals surface area contributed by atoms with E-state index in [0.717, 1.165) is 6.26 Å². The number of hydrogen-bond donors (Lipinski definition) is 2. The number of carbonyl (C=O) groups is 2. The Morgan fingerprint density at radius 2 is 1.63 bits per heavy atom. The Bertz CT molecular complexity index is 298. The van der Waals surface area contributed by atoms with E-state index in [1.807, 2.05) is 0 Å². The third-order valence-electron chi connectivity index (χ3n) is 1.32. The highest BCUT2D eigenvalue weighted by atomic mass is 16.5. The molecule has 0 aliphatic heterocycles. The predicted molar refractivity (Wildman–Crippen MR) is 78.1 cm³/mol. The van der Waals surface area contributed by atoms with Crippen LogP contribution in [0.5, 0.6) is 0 Å². The topological polar surface area (TPSA) is 98.6 Å². The van der Waals surface area contributed by atoms with Crippen LogP contribution in [0.15, 0.2) is 37.6 Å². The summed E-state index contributed by atoms with van der Waals surface area (Å²) in [4.78, 5) is 22.1. The maximum atomic E-state index is 10.3. The zero-order chi connectivity index (χ0) is 15.8. The Morgan fingerprint density at radius 1 is 1.21 bits per heavy atom. The molecule has 0 aromatic carbocycles. The minimum atomic E-state index is -0.431. The van der Waals surface area contributed by atoms with Crippen molar-refractivity contribution in [2.45, 2.75) is 6.92 Å². The van der Waals surface area contributed by atoms with Crippen LogP contribution in [0, 0.1) is 0 Å². The molecule has 0 saturated carbocycles. The summed E-state index contributed by atoms with van der Waals surface area (Å²) in [5.41, 5.74) is 10.2. The number of nitrogens with zero attached hydrogens (tertiary/aromatic N) is 1. The summed E-state index contributed by atoms with van der Waals surface area (Å²) in [7, 11) is 3.37. The molecule has 0 saturated heterocycles. The van der Waals surface area contributed by atoms with Crippen LogP contribution < -0.4 is 11.5 Å². The number of ether oxygens (including phenoxy) is 1. The Morgan fingerprint density at radius 3 is 1.68 bits per heavy atom. The van der Waals surface area contributed by atoms with Gasteiger partial charge in [0.2, 0.25) is 5.91 Å². The second kappa shape index (κ2) is 16.1. The van der Waals surface area contributed by atoms with Crippen molar-refractivity contribution in [1.82, 2.24) is 4.90 Å². The molecule has 0 unspecified atom stereocenters. The van der Waals surface area contributed by atoms with Gasteiger partial charge in [-0.05, 0) is 13.0 Å². The zero-order valence-corrected chi connectivity index (χ0v) is 12.0. The average Bonchev–Trinajstić information content (AvgIpc) is 2.38. The van der Waals surface area contributed by atoms with Crippen LogP contribution in [-0.2, 0) is 14.3 Å². The van der Waals surface area contributed by atoms with E-state index in [1.165, 1.54) is 11.0 Å². The molecule has 6 nitrogen and oxygen atoms in total. The van der Waals surface area contributed by atoms with Gasteiger partial charge < -0.3 is 21.1 Å². The first-order valence-electron chi connectivity index (χ1n) is 5.49. The quantitative estimate of drug-likeness (QED) is 0.438. The molecule has 6 heteroatoms. The van der Waals surface area contributed by atoms with Crippen LogP contribution in [-0.4, -0.2) is 44.0 Å². The fourth-order valence-electron chi connectivity index (χ4n) is 0.359. The number of hydrogen-bond acceptors (Lipinski definition) is 5. The van der Waals surface area contributed by atoms with E-state index in [2.05, 4.69) is 24.5 Å². The van der Waals surface area contributed by atoms with Crippen LogP contribution in [0.25, 0.3) is 0 Å². The van der Waals surface area contributed by atoms with Gasteiger partial charge in [-0.25, -0.2) is 4.79 Å². The van der Waals surface area contributed by atoms with Gasteiger partial charge in [-0.2, -0.15) is 0 Å². The first kappa shape index (κ1) is 22.3. The van der Waals surface area contributed by atoms with Gasteiger partial charge in [0.25, 0.3) is 0 Å². The lowest BCUT2D eigenvalue weighted by Gasteiger charge is -2.03. The summed E-state index contributed by atoms with van der Waals surface area (Å²) >= 11 is 0. The highest BCUT2D eigenvalue weighted by Crippen LogP contribution is 1.90. The van der Waals surface area contributed by atoms with Crippen molar-refractivity contribution in [1.29, 1.82) is 0 Å². The van der Waals surface area contributed by atoms with Gasteiger partial charge in [0.05, 0.1) is 6.26 Å². The molecule has 4 N–H and O–H groups in total.